The predicted octanol–water partition coefficient (Wildman–Crippen LogP) is 7.29. The van der Waals surface area contributed by atoms with E-state index in [1.54, 1.807) is 12.1 Å². The van der Waals surface area contributed by atoms with Gasteiger partial charge in [-0.1, -0.05) is 38.4 Å². The van der Waals surface area contributed by atoms with Crippen molar-refractivity contribution in [2.45, 2.75) is 75.8 Å². The van der Waals surface area contributed by atoms with Crippen molar-refractivity contribution < 1.29 is 31.1 Å². The third kappa shape index (κ3) is 8.28. The van der Waals surface area contributed by atoms with Crippen LogP contribution in [0.15, 0.2) is 53.7 Å². The Hall–Kier alpha value is -2.51. The summed E-state index contributed by atoms with van der Waals surface area (Å²) in [5.41, 5.74) is -0.304. The maximum absolute atomic E-state index is 13.4. The molecule has 3 rings (SSSR count). The molecule has 1 aromatic carbocycles. The molecule has 0 amide bonds. The Bertz CT molecular complexity index is 1500. The van der Waals surface area contributed by atoms with Gasteiger partial charge in [0, 0.05) is 24.7 Å². The summed E-state index contributed by atoms with van der Waals surface area (Å²) in [5.74, 6) is 0. The first kappa shape index (κ1) is 33.0. The minimum atomic E-state index is -4.73. The van der Waals surface area contributed by atoms with E-state index < -0.39 is 41.1 Å². The Labute approximate surface area is 245 Å². The van der Waals surface area contributed by atoms with Crippen LogP contribution in [0.2, 0.25) is 23.2 Å². The third-order valence-corrected chi connectivity index (χ3v) is 13.3. The summed E-state index contributed by atoms with van der Waals surface area (Å²) < 4.78 is 74.9. The standard InChI is InChI=1S/C28H35ClF3N3O4SSi/c1-18-9-10-22(16-23(18)28(30,31)32)40(37,38)35-24-15-20(29)17-34-25(24)26(36)19-11-12-33-21(14-19)8-7-13-39-41(5,6)27(2,3)4/h9-12,14-17,26,35-36H,7-8,13H2,1-6H3. The maximum Gasteiger partial charge on any atom is 0.416 e. The Balaban J connectivity index is 1.83. The Morgan fingerprint density at radius 1 is 1.10 bits per heavy atom. The predicted molar refractivity (Wildman–Crippen MR) is 156 cm³/mol. The van der Waals surface area contributed by atoms with Crippen LogP contribution >= 0.6 is 11.6 Å². The summed E-state index contributed by atoms with van der Waals surface area (Å²) >= 11 is 6.06. The Morgan fingerprint density at radius 2 is 1.78 bits per heavy atom. The van der Waals surface area contributed by atoms with Gasteiger partial charge in [0.2, 0.25) is 0 Å². The number of pyridine rings is 2. The molecule has 2 N–H and O–H groups in total. The number of aliphatic hydroxyl groups excluding tert-OH is 1. The zero-order chi connectivity index (χ0) is 30.8. The van der Waals surface area contributed by atoms with Crippen molar-refractivity contribution in [1.82, 2.24) is 9.97 Å². The molecule has 0 fully saturated rings. The quantitative estimate of drug-likeness (QED) is 0.180. The number of sulfonamides is 1. The lowest BCUT2D eigenvalue weighted by Crippen LogP contribution is -2.41. The van der Waals surface area contributed by atoms with E-state index >= 15 is 0 Å². The van der Waals surface area contributed by atoms with Crippen molar-refractivity contribution in [3.8, 4) is 0 Å². The summed E-state index contributed by atoms with van der Waals surface area (Å²) in [6, 6.07) is 7.23. The second-order valence-corrected chi connectivity index (χ2v) is 18.3. The number of hydrogen-bond acceptors (Lipinski definition) is 6. The average Bonchev–Trinajstić information content (AvgIpc) is 2.85. The molecule has 0 aliphatic heterocycles. The van der Waals surface area contributed by atoms with Gasteiger partial charge in [0.05, 0.1) is 26.9 Å². The molecule has 0 saturated carbocycles. The van der Waals surface area contributed by atoms with Gasteiger partial charge in [-0.25, -0.2) is 8.42 Å². The van der Waals surface area contributed by atoms with E-state index in [4.69, 9.17) is 16.0 Å². The average molecular weight is 630 g/mol. The highest BCUT2D eigenvalue weighted by Crippen LogP contribution is 2.37. The highest BCUT2D eigenvalue weighted by Gasteiger charge is 2.37. The normalized spacial score (nSPS) is 13.7. The summed E-state index contributed by atoms with van der Waals surface area (Å²) in [5, 5.41) is 11.3. The smallest absolute Gasteiger partial charge is 0.416 e. The highest BCUT2D eigenvalue weighted by atomic mass is 35.5. The van der Waals surface area contributed by atoms with Gasteiger partial charge >= 0.3 is 6.18 Å². The van der Waals surface area contributed by atoms with Crippen LogP contribution in [0.25, 0.3) is 0 Å². The molecule has 0 spiro atoms. The number of aromatic nitrogens is 2. The monoisotopic (exact) mass is 629 g/mol. The van der Waals surface area contributed by atoms with Gasteiger partial charge in [-0.15, -0.1) is 0 Å². The van der Waals surface area contributed by atoms with E-state index in [0.717, 1.165) is 18.6 Å². The lowest BCUT2D eigenvalue weighted by Gasteiger charge is -2.36. The first-order valence-corrected chi connectivity index (χ1v) is 17.7. The number of anilines is 1. The second-order valence-electron chi connectivity index (χ2n) is 11.4. The molecule has 3 aromatic rings. The molecule has 7 nitrogen and oxygen atoms in total. The molecule has 0 radical (unpaired) electrons. The minimum Gasteiger partial charge on any atom is -0.417 e. The molecule has 2 heterocycles. The fourth-order valence-corrected chi connectivity index (χ4v) is 6.12. The van der Waals surface area contributed by atoms with Crippen LogP contribution in [-0.4, -0.2) is 38.4 Å². The van der Waals surface area contributed by atoms with Crippen molar-refractivity contribution >= 4 is 35.6 Å². The second kappa shape index (κ2) is 12.4. The van der Waals surface area contributed by atoms with E-state index in [2.05, 4.69) is 48.6 Å². The molecule has 0 aliphatic rings. The van der Waals surface area contributed by atoms with Gasteiger partial charge in [0.25, 0.3) is 10.0 Å². The van der Waals surface area contributed by atoms with Gasteiger partial charge in [-0.05, 0) is 79.4 Å². The number of alkyl halides is 3. The van der Waals surface area contributed by atoms with E-state index in [9.17, 15) is 26.7 Å². The molecule has 0 saturated heterocycles. The summed E-state index contributed by atoms with van der Waals surface area (Å²) in [6.45, 7) is 12.7. The number of rotatable bonds is 10. The summed E-state index contributed by atoms with van der Waals surface area (Å²) in [4.78, 5) is 7.91. The van der Waals surface area contributed by atoms with Crippen LogP contribution < -0.4 is 4.72 Å². The SMILES string of the molecule is Cc1ccc(S(=O)(=O)Nc2cc(Cl)cnc2C(O)c2ccnc(CCCO[Si](C)(C)C(C)(C)C)c2)cc1C(F)(F)F. The first-order chi connectivity index (χ1) is 18.8. The zero-order valence-electron chi connectivity index (χ0n) is 23.8. The molecule has 224 valence electrons. The van der Waals surface area contributed by atoms with Crippen molar-refractivity contribution in [2.75, 3.05) is 11.3 Å². The topological polar surface area (TPSA) is 101 Å². The van der Waals surface area contributed by atoms with Crippen molar-refractivity contribution in [3.05, 3.63) is 81.9 Å². The maximum atomic E-state index is 13.4. The van der Waals surface area contributed by atoms with Crippen LogP contribution in [-0.2, 0) is 27.0 Å². The molecule has 0 aliphatic carbocycles. The van der Waals surface area contributed by atoms with Crippen LogP contribution in [0.1, 0.15) is 61.4 Å². The molecule has 1 unspecified atom stereocenters. The van der Waals surface area contributed by atoms with E-state index in [-0.39, 0.29) is 27.0 Å². The molecule has 0 bridgehead atoms. The molecule has 2 aromatic heterocycles. The number of aliphatic hydroxyl groups is 1. The first-order valence-electron chi connectivity index (χ1n) is 12.9. The lowest BCUT2D eigenvalue weighted by molar-refractivity contribution is -0.138. The van der Waals surface area contributed by atoms with Crippen LogP contribution in [0, 0.1) is 6.92 Å². The van der Waals surface area contributed by atoms with Crippen molar-refractivity contribution in [2.24, 2.45) is 0 Å². The van der Waals surface area contributed by atoms with Crippen molar-refractivity contribution in [3.63, 3.8) is 0 Å². The summed E-state index contributed by atoms with van der Waals surface area (Å²) in [6.07, 6.45) is -2.01. The number of nitrogens with zero attached hydrogens (tertiary/aromatic N) is 2. The van der Waals surface area contributed by atoms with Crippen LogP contribution in [0.4, 0.5) is 18.9 Å². The van der Waals surface area contributed by atoms with E-state index in [1.165, 1.54) is 25.4 Å². The molecule has 13 heteroatoms. The van der Waals surface area contributed by atoms with Gasteiger partial charge < -0.3 is 9.53 Å². The highest BCUT2D eigenvalue weighted by molar-refractivity contribution is 7.92. The molecular formula is C28H35ClF3N3O4SSi. The zero-order valence-corrected chi connectivity index (χ0v) is 26.4. The van der Waals surface area contributed by atoms with Gasteiger partial charge in [-0.2, -0.15) is 13.2 Å². The van der Waals surface area contributed by atoms with Gasteiger partial charge in [0.15, 0.2) is 8.32 Å². The number of nitrogens with one attached hydrogen (secondary N) is 1. The fraction of sp³-hybridized carbons (Fsp3) is 0.429. The fourth-order valence-electron chi connectivity index (χ4n) is 3.79. The molecular weight excluding hydrogens is 595 g/mol. The number of benzene rings is 1. The van der Waals surface area contributed by atoms with E-state index in [1.807, 2.05) is 0 Å². The van der Waals surface area contributed by atoms with E-state index in [0.29, 0.717) is 30.4 Å². The largest absolute Gasteiger partial charge is 0.417 e. The number of halogens is 4. The van der Waals surface area contributed by atoms with Crippen molar-refractivity contribution in [1.29, 1.82) is 0 Å². The molecule has 1 atom stereocenters. The molecule has 41 heavy (non-hydrogen) atoms. The van der Waals surface area contributed by atoms with Crippen LogP contribution in [0.5, 0.6) is 0 Å². The third-order valence-electron chi connectivity index (χ3n) is 7.22. The summed E-state index contributed by atoms with van der Waals surface area (Å²) in [7, 11) is -6.37. The van der Waals surface area contributed by atoms with Gasteiger partial charge in [-0.3, -0.25) is 14.7 Å². The Kier molecular flexibility index (Phi) is 9.96. The lowest BCUT2D eigenvalue weighted by atomic mass is 10.0. The number of hydrogen-bond donors (Lipinski definition) is 2. The number of aryl methyl sites for hydroxylation is 2. The van der Waals surface area contributed by atoms with Gasteiger partial charge in [0.1, 0.15) is 6.10 Å². The minimum absolute atomic E-state index is 0.0654. The Morgan fingerprint density at radius 3 is 2.41 bits per heavy atom. The van der Waals surface area contributed by atoms with Crippen LogP contribution in [0.3, 0.4) is 0 Å².